The average molecular weight is 235 g/mol. The Hall–Kier alpha value is -0.400. The van der Waals surface area contributed by atoms with Gasteiger partial charge in [-0.2, -0.15) is 0 Å². The summed E-state index contributed by atoms with van der Waals surface area (Å²) in [5.74, 6) is 0.0877. The highest BCUT2D eigenvalue weighted by Gasteiger charge is 2.13. The molecule has 0 aliphatic rings. The molecule has 0 aromatic heterocycles. The zero-order valence-electron chi connectivity index (χ0n) is 9.20. The second-order valence-corrected chi connectivity index (χ2v) is 3.61. The Bertz CT molecular complexity index is 228. The Morgan fingerprint density at radius 1 is 0.786 bits per heavy atom. The van der Waals surface area contributed by atoms with E-state index in [2.05, 4.69) is 0 Å². The van der Waals surface area contributed by atoms with Gasteiger partial charge >= 0.3 is 0 Å². The largest absolute Gasteiger partial charge is 0.506 e. The maximum absolute atomic E-state index is 9.48. The molecule has 1 rings (SSSR count). The minimum Gasteiger partial charge on any atom is -0.506 e. The van der Waals surface area contributed by atoms with Crippen LogP contribution in [0.15, 0.2) is 0 Å². The SMILES string of the molecule is CC.Cc1c(C)c(O)c(Cl)c(Cl)c1C. The number of hydrogen-bond donors (Lipinski definition) is 1. The molecule has 0 aliphatic heterocycles. The Labute approximate surface area is 95.7 Å². The van der Waals surface area contributed by atoms with Crippen LogP contribution in [-0.2, 0) is 0 Å². The highest BCUT2D eigenvalue weighted by atomic mass is 35.5. The van der Waals surface area contributed by atoms with Crippen LogP contribution in [0.3, 0.4) is 0 Å². The first-order valence-corrected chi connectivity index (χ1v) is 5.36. The molecule has 0 radical (unpaired) electrons. The monoisotopic (exact) mass is 234 g/mol. The van der Waals surface area contributed by atoms with Gasteiger partial charge in [-0.1, -0.05) is 37.0 Å². The van der Waals surface area contributed by atoms with Gasteiger partial charge in [-0.15, -0.1) is 0 Å². The molecule has 1 nitrogen and oxygen atoms in total. The molecule has 0 saturated heterocycles. The minimum absolute atomic E-state index is 0.0877. The summed E-state index contributed by atoms with van der Waals surface area (Å²) in [5.41, 5.74) is 2.71. The third-order valence-electron chi connectivity index (χ3n) is 2.21. The predicted molar refractivity (Wildman–Crippen MR) is 63.7 cm³/mol. The second kappa shape index (κ2) is 5.47. The standard InChI is InChI=1S/C9H10Cl2O.C2H6/c1-4-5(2)7(10)8(11)9(12)6(4)3;1-2/h12H,1-3H3;1-2H3. The van der Waals surface area contributed by atoms with Gasteiger partial charge in [0.25, 0.3) is 0 Å². The molecule has 0 heterocycles. The van der Waals surface area contributed by atoms with E-state index in [1.165, 1.54) is 0 Å². The van der Waals surface area contributed by atoms with Gasteiger partial charge in [0, 0.05) is 0 Å². The molecule has 0 bridgehead atoms. The van der Waals surface area contributed by atoms with Gasteiger partial charge in [0.1, 0.15) is 10.8 Å². The maximum Gasteiger partial charge on any atom is 0.138 e. The fraction of sp³-hybridized carbons (Fsp3) is 0.455. The van der Waals surface area contributed by atoms with Gasteiger partial charge in [-0.05, 0) is 37.5 Å². The number of phenolic OH excluding ortho intramolecular Hbond substituents is 1. The molecular weight excluding hydrogens is 219 g/mol. The van der Waals surface area contributed by atoms with Crippen molar-refractivity contribution < 1.29 is 5.11 Å². The second-order valence-electron chi connectivity index (χ2n) is 2.85. The smallest absolute Gasteiger partial charge is 0.138 e. The van der Waals surface area contributed by atoms with Crippen LogP contribution in [0.5, 0.6) is 5.75 Å². The van der Waals surface area contributed by atoms with Crippen molar-refractivity contribution in [3.8, 4) is 5.75 Å². The van der Waals surface area contributed by atoms with Crippen molar-refractivity contribution in [2.75, 3.05) is 0 Å². The van der Waals surface area contributed by atoms with E-state index in [1.807, 2.05) is 34.6 Å². The molecule has 0 fully saturated rings. The van der Waals surface area contributed by atoms with Crippen LogP contribution in [0.1, 0.15) is 30.5 Å². The Morgan fingerprint density at radius 2 is 1.21 bits per heavy atom. The fourth-order valence-electron chi connectivity index (χ4n) is 1.06. The van der Waals surface area contributed by atoms with Crippen LogP contribution < -0.4 is 0 Å². The maximum atomic E-state index is 9.48. The van der Waals surface area contributed by atoms with E-state index in [0.29, 0.717) is 5.02 Å². The van der Waals surface area contributed by atoms with E-state index in [0.717, 1.165) is 16.7 Å². The molecule has 0 saturated carbocycles. The number of rotatable bonds is 0. The summed E-state index contributed by atoms with van der Waals surface area (Å²) in [5, 5.41) is 10.2. The van der Waals surface area contributed by atoms with Crippen LogP contribution >= 0.6 is 23.2 Å². The van der Waals surface area contributed by atoms with Crippen molar-refractivity contribution in [3.63, 3.8) is 0 Å². The first-order chi connectivity index (χ1) is 6.46. The van der Waals surface area contributed by atoms with E-state index in [1.54, 1.807) is 0 Å². The lowest BCUT2D eigenvalue weighted by Crippen LogP contribution is -1.89. The lowest BCUT2D eigenvalue weighted by atomic mass is 10.0. The summed E-state index contributed by atoms with van der Waals surface area (Å²) in [6, 6.07) is 0. The molecule has 1 N–H and O–H groups in total. The van der Waals surface area contributed by atoms with Crippen molar-refractivity contribution in [3.05, 3.63) is 26.7 Å². The summed E-state index contributed by atoms with van der Waals surface area (Å²) >= 11 is 11.6. The highest BCUT2D eigenvalue weighted by molar-refractivity contribution is 6.43. The van der Waals surface area contributed by atoms with Crippen LogP contribution in [-0.4, -0.2) is 5.11 Å². The molecule has 1 aromatic rings. The van der Waals surface area contributed by atoms with Gasteiger partial charge in [-0.25, -0.2) is 0 Å². The quantitative estimate of drug-likeness (QED) is 0.693. The molecule has 0 unspecified atom stereocenters. The summed E-state index contributed by atoms with van der Waals surface area (Å²) in [4.78, 5) is 0. The Balaban J connectivity index is 0.000000791. The molecule has 0 atom stereocenters. The van der Waals surface area contributed by atoms with E-state index < -0.39 is 0 Å². The van der Waals surface area contributed by atoms with E-state index in [-0.39, 0.29) is 10.8 Å². The molecule has 0 spiro atoms. The van der Waals surface area contributed by atoms with Crippen LogP contribution in [0.2, 0.25) is 10.0 Å². The van der Waals surface area contributed by atoms with Gasteiger partial charge in [0.2, 0.25) is 0 Å². The highest BCUT2D eigenvalue weighted by Crippen LogP contribution is 2.38. The molecule has 0 amide bonds. The number of aromatic hydroxyl groups is 1. The van der Waals surface area contributed by atoms with E-state index >= 15 is 0 Å². The lowest BCUT2D eigenvalue weighted by Gasteiger charge is -2.11. The van der Waals surface area contributed by atoms with Gasteiger partial charge in [0.05, 0.1) is 5.02 Å². The minimum atomic E-state index is 0.0877. The summed E-state index contributed by atoms with van der Waals surface area (Å²) in [6.07, 6.45) is 0. The summed E-state index contributed by atoms with van der Waals surface area (Å²) in [6.45, 7) is 9.61. The first-order valence-electron chi connectivity index (χ1n) is 4.60. The molecule has 14 heavy (non-hydrogen) atoms. The van der Waals surface area contributed by atoms with Crippen molar-refractivity contribution in [1.82, 2.24) is 0 Å². The number of halogens is 2. The van der Waals surface area contributed by atoms with Crippen molar-refractivity contribution in [1.29, 1.82) is 0 Å². The summed E-state index contributed by atoms with van der Waals surface area (Å²) < 4.78 is 0. The zero-order valence-corrected chi connectivity index (χ0v) is 10.7. The molecule has 1 aromatic carbocycles. The lowest BCUT2D eigenvalue weighted by molar-refractivity contribution is 0.470. The van der Waals surface area contributed by atoms with Crippen LogP contribution in [0, 0.1) is 20.8 Å². The molecule has 80 valence electrons. The number of phenols is 1. The zero-order chi connectivity index (χ0) is 11.5. The average Bonchev–Trinajstić information content (AvgIpc) is 2.24. The molecule has 0 aliphatic carbocycles. The Kier molecular flexibility index (Phi) is 5.32. The predicted octanol–water partition coefficient (Wildman–Crippen LogP) is 4.65. The van der Waals surface area contributed by atoms with Gasteiger partial charge in [-0.3, -0.25) is 0 Å². The van der Waals surface area contributed by atoms with Gasteiger partial charge < -0.3 is 5.11 Å². The normalized spacial score (nSPS) is 9.36. The number of benzene rings is 1. The first kappa shape index (κ1) is 13.6. The third-order valence-corrected chi connectivity index (χ3v) is 3.15. The Morgan fingerprint density at radius 3 is 1.64 bits per heavy atom. The third kappa shape index (κ3) is 2.34. The number of hydrogen-bond acceptors (Lipinski definition) is 1. The molecular formula is C11H16Cl2O. The van der Waals surface area contributed by atoms with Gasteiger partial charge in [0.15, 0.2) is 0 Å². The van der Waals surface area contributed by atoms with E-state index in [4.69, 9.17) is 23.2 Å². The summed E-state index contributed by atoms with van der Waals surface area (Å²) in [7, 11) is 0. The van der Waals surface area contributed by atoms with Crippen LogP contribution in [0.25, 0.3) is 0 Å². The van der Waals surface area contributed by atoms with Crippen molar-refractivity contribution >= 4 is 23.2 Å². The topological polar surface area (TPSA) is 20.2 Å². The van der Waals surface area contributed by atoms with Crippen molar-refractivity contribution in [2.45, 2.75) is 34.6 Å². The molecule has 3 heteroatoms. The van der Waals surface area contributed by atoms with Crippen molar-refractivity contribution in [2.24, 2.45) is 0 Å². The fourth-order valence-corrected chi connectivity index (χ4v) is 1.57. The van der Waals surface area contributed by atoms with E-state index in [9.17, 15) is 5.11 Å². The van der Waals surface area contributed by atoms with Crippen LogP contribution in [0.4, 0.5) is 0 Å².